The molecule has 0 aliphatic heterocycles. The van der Waals surface area contributed by atoms with Gasteiger partial charge in [0.25, 0.3) is 0 Å². The van der Waals surface area contributed by atoms with Crippen molar-refractivity contribution in [2.24, 2.45) is 0 Å². The summed E-state index contributed by atoms with van der Waals surface area (Å²) in [6.07, 6.45) is 0. The van der Waals surface area contributed by atoms with Crippen LogP contribution in [0.4, 0.5) is 5.00 Å². The summed E-state index contributed by atoms with van der Waals surface area (Å²) in [5, 5.41) is 12.0. The smallest absolute Gasteiger partial charge is 0.0909 e. The molecule has 1 aromatic heterocycles. The standard InChI is InChI=1S/C8H13NOS/c1-2-9(5-6-10)8-4-3-7-11-8/h3-4,7,10H,2,5-6H2,1H3. The van der Waals surface area contributed by atoms with Gasteiger partial charge in [0.2, 0.25) is 0 Å². The lowest BCUT2D eigenvalue weighted by molar-refractivity contribution is 0.302. The first-order chi connectivity index (χ1) is 5.38. The van der Waals surface area contributed by atoms with Gasteiger partial charge in [-0.25, -0.2) is 0 Å². The molecule has 0 amide bonds. The first-order valence-corrected chi connectivity index (χ1v) is 4.65. The zero-order chi connectivity index (χ0) is 8.10. The molecule has 0 saturated carbocycles. The fourth-order valence-electron chi connectivity index (χ4n) is 0.995. The van der Waals surface area contributed by atoms with Gasteiger partial charge >= 0.3 is 0 Å². The average molecular weight is 171 g/mol. The van der Waals surface area contributed by atoms with Crippen LogP contribution in [0.2, 0.25) is 0 Å². The zero-order valence-corrected chi connectivity index (χ0v) is 7.47. The second kappa shape index (κ2) is 4.36. The van der Waals surface area contributed by atoms with Crippen molar-refractivity contribution < 1.29 is 5.11 Å². The Bertz CT molecular complexity index is 186. The molecule has 0 aliphatic carbocycles. The topological polar surface area (TPSA) is 23.5 Å². The molecule has 2 nitrogen and oxygen atoms in total. The molecule has 11 heavy (non-hydrogen) atoms. The van der Waals surface area contributed by atoms with Crippen molar-refractivity contribution in [3.8, 4) is 0 Å². The number of thiophene rings is 1. The number of nitrogens with zero attached hydrogens (tertiary/aromatic N) is 1. The van der Waals surface area contributed by atoms with Gasteiger partial charge in [-0.2, -0.15) is 0 Å². The minimum atomic E-state index is 0.228. The molecule has 0 unspecified atom stereocenters. The number of rotatable bonds is 4. The van der Waals surface area contributed by atoms with Crippen molar-refractivity contribution in [3.05, 3.63) is 17.5 Å². The predicted octanol–water partition coefficient (Wildman–Crippen LogP) is 1.57. The first kappa shape index (κ1) is 8.56. The van der Waals surface area contributed by atoms with Crippen LogP contribution in [0.15, 0.2) is 17.5 Å². The van der Waals surface area contributed by atoms with Crippen molar-refractivity contribution in [2.75, 3.05) is 24.6 Å². The van der Waals surface area contributed by atoms with Crippen molar-refractivity contribution in [3.63, 3.8) is 0 Å². The molecule has 1 rings (SSSR count). The highest BCUT2D eigenvalue weighted by Gasteiger charge is 2.02. The maximum absolute atomic E-state index is 8.73. The summed E-state index contributed by atoms with van der Waals surface area (Å²) in [6.45, 7) is 4.01. The van der Waals surface area contributed by atoms with E-state index >= 15 is 0 Å². The predicted molar refractivity (Wildman–Crippen MR) is 49.3 cm³/mol. The Morgan fingerprint density at radius 2 is 2.45 bits per heavy atom. The van der Waals surface area contributed by atoms with Crippen molar-refractivity contribution in [1.29, 1.82) is 0 Å². The molecule has 0 spiro atoms. The Hall–Kier alpha value is -0.540. The fraction of sp³-hybridized carbons (Fsp3) is 0.500. The molecule has 0 radical (unpaired) electrons. The lowest BCUT2D eigenvalue weighted by Crippen LogP contribution is -2.24. The van der Waals surface area contributed by atoms with E-state index in [9.17, 15) is 0 Å². The van der Waals surface area contributed by atoms with Crippen LogP contribution in [0.1, 0.15) is 6.92 Å². The minimum absolute atomic E-state index is 0.228. The highest BCUT2D eigenvalue weighted by atomic mass is 32.1. The maximum Gasteiger partial charge on any atom is 0.0909 e. The fourth-order valence-corrected chi connectivity index (χ4v) is 1.82. The molecule has 0 fully saturated rings. The molecule has 0 aliphatic rings. The van der Waals surface area contributed by atoms with Gasteiger partial charge in [-0.05, 0) is 24.4 Å². The summed E-state index contributed by atoms with van der Waals surface area (Å²) in [5.74, 6) is 0. The molecule has 62 valence electrons. The second-order valence-electron chi connectivity index (χ2n) is 2.25. The van der Waals surface area contributed by atoms with E-state index in [1.54, 1.807) is 11.3 Å². The summed E-state index contributed by atoms with van der Waals surface area (Å²) in [6, 6.07) is 4.10. The number of hydrogen-bond donors (Lipinski definition) is 1. The van der Waals surface area contributed by atoms with Gasteiger partial charge in [0.1, 0.15) is 0 Å². The Labute approximate surface area is 71.1 Å². The van der Waals surface area contributed by atoms with Crippen LogP contribution >= 0.6 is 11.3 Å². The summed E-state index contributed by atoms with van der Waals surface area (Å²) in [4.78, 5) is 2.16. The van der Waals surface area contributed by atoms with Gasteiger partial charge in [0, 0.05) is 13.1 Å². The number of aliphatic hydroxyl groups excluding tert-OH is 1. The molecule has 3 heteroatoms. The average Bonchev–Trinajstić information content (AvgIpc) is 2.52. The van der Waals surface area contributed by atoms with Gasteiger partial charge in [0.15, 0.2) is 0 Å². The first-order valence-electron chi connectivity index (χ1n) is 3.77. The monoisotopic (exact) mass is 171 g/mol. The van der Waals surface area contributed by atoms with Gasteiger partial charge < -0.3 is 10.0 Å². The summed E-state index contributed by atoms with van der Waals surface area (Å²) in [7, 11) is 0. The number of anilines is 1. The summed E-state index contributed by atoms with van der Waals surface area (Å²) in [5.41, 5.74) is 0. The maximum atomic E-state index is 8.73. The summed E-state index contributed by atoms with van der Waals surface area (Å²) < 4.78 is 0. The van der Waals surface area contributed by atoms with E-state index in [4.69, 9.17) is 5.11 Å². The third-order valence-corrected chi connectivity index (χ3v) is 2.50. The van der Waals surface area contributed by atoms with E-state index < -0.39 is 0 Å². The second-order valence-corrected chi connectivity index (χ2v) is 3.18. The molecule has 1 N–H and O–H groups in total. The normalized spacial score (nSPS) is 10.0. The van der Waals surface area contributed by atoms with Gasteiger partial charge in [0.05, 0.1) is 11.6 Å². The third kappa shape index (κ3) is 2.20. The lowest BCUT2D eigenvalue weighted by atomic mass is 10.5. The Kier molecular flexibility index (Phi) is 3.39. The van der Waals surface area contributed by atoms with Gasteiger partial charge in [-0.1, -0.05) is 0 Å². The molecule has 0 saturated heterocycles. The molecule has 1 heterocycles. The molecule has 0 aromatic carbocycles. The molecule has 0 bridgehead atoms. The lowest BCUT2D eigenvalue weighted by Gasteiger charge is -2.19. The van der Waals surface area contributed by atoms with Crippen LogP contribution in [0, 0.1) is 0 Å². The largest absolute Gasteiger partial charge is 0.395 e. The summed E-state index contributed by atoms with van der Waals surface area (Å²) >= 11 is 1.71. The molecule has 0 atom stereocenters. The van der Waals surface area contributed by atoms with E-state index in [1.165, 1.54) is 5.00 Å². The van der Waals surface area contributed by atoms with Gasteiger partial charge in [-0.15, -0.1) is 11.3 Å². The number of likely N-dealkylation sites (N-methyl/N-ethyl adjacent to an activating group) is 1. The highest BCUT2D eigenvalue weighted by Crippen LogP contribution is 2.20. The molecular weight excluding hydrogens is 158 g/mol. The molecule has 1 aromatic rings. The van der Waals surface area contributed by atoms with Crippen molar-refractivity contribution in [1.82, 2.24) is 0 Å². The Morgan fingerprint density at radius 1 is 1.64 bits per heavy atom. The van der Waals surface area contributed by atoms with E-state index in [-0.39, 0.29) is 6.61 Å². The number of aliphatic hydroxyl groups is 1. The Balaban J connectivity index is 2.56. The van der Waals surface area contributed by atoms with Crippen LogP contribution in [-0.4, -0.2) is 24.8 Å². The molecular formula is C8H13NOS. The number of hydrogen-bond acceptors (Lipinski definition) is 3. The SMILES string of the molecule is CCN(CCO)c1cccs1. The van der Waals surface area contributed by atoms with E-state index in [0.29, 0.717) is 0 Å². The zero-order valence-electron chi connectivity index (χ0n) is 6.66. The minimum Gasteiger partial charge on any atom is -0.395 e. The van der Waals surface area contributed by atoms with Gasteiger partial charge in [-0.3, -0.25) is 0 Å². The van der Waals surface area contributed by atoms with E-state index in [1.807, 2.05) is 6.07 Å². The van der Waals surface area contributed by atoms with Crippen LogP contribution in [0.5, 0.6) is 0 Å². The van der Waals surface area contributed by atoms with Crippen LogP contribution in [0.25, 0.3) is 0 Å². The van der Waals surface area contributed by atoms with Crippen LogP contribution in [0.3, 0.4) is 0 Å². The van der Waals surface area contributed by atoms with Crippen molar-refractivity contribution in [2.45, 2.75) is 6.92 Å². The van der Waals surface area contributed by atoms with E-state index in [0.717, 1.165) is 13.1 Å². The van der Waals surface area contributed by atoms with Crippen LogP contribution < -0.4 is 4.90 Å². The van der Waals surface area contributed by atoms with Crippen LogP contribution in [-0.2, 0) is 0 Å². The van der Waals surface area contributed by atoms with E-state index in [2.05, 4.69) is 23.3 Å². The Morgan fingerprint density at radius 3 is 2.91 bits per heavy atom. The quantitative estimate of drug-likeness (QED) is 0.743. The third-order valence-electron chi connectivity index (χ3n) is 1.57. The highest BCUT2D eigenvalue weighted by molar-refractivity contribution is 7.14. The van der Waals surface area contributed by atoms with Crippen molar-refractivity contribution >= 4 is 16.3 Å².